The summed E-state index contributed by atoms with van der Waals surface area (Å²) in [4.78, 5) is 0. The molecule has 0 bridgehead atoms. The standard InChI is InChI=1S/C10H13NS2/c1-7-5-4-6-9(8(7)2)11-10(12)13-3/h4-6H,1-3H3,(H,11,12). The highest BCUT2D eigenvalue weighted by atomic mass is 32.2. The van der Waals surface area contributed by atoms with Crippen LogP contribution in [-0.2, 0) is 0 Å². The summed E-state index contributed by atoms with van der Waals surface area (Å²) in [7, 11) is 0. The van der Waals surface area contributed by atoms with Crippen LogP contribution in [-0.4, -0.2) is 10.6 Å². The van der Waals surface area contributed by atoms with Crippen LogP contribution in [0.25, 0.3) is 0 Å². The van der Waals surface area contributed by atoms with Gasteiger partial charge in [-0.2, -0.15) is 0 Å². The number of thiocarbonyl (C=S) groups is 1. The number of rotatable bonds is 1. The predicted octanol–water partition coefficient (Wildman–Crippen LogP) is 3.36. The zero-order valence-corrected chi connectivity index (χ0v) is 9.68. The van der Waals surface area contributed by atoms with Crippen molar-refractivity contribution >= 4 is 34.0 Å². The van der Waals surface area contributed by atoms with Crippen LogP contribution >= 0.6 is 24.0 Å². The van der Waals surface area contributed by atoms with Crippen molar-refractivity contribution in [2.45, 2.75) is 13.8 Å². The molecular weight excluding hydrogens is 198 g/mol. The summed E-state index contributed by atoms with van der Waals surface area (Å²) < 4.78 is 0.814. The van der Waals surface area contributed by atoms with Crippen LogP contribution in [0.1, 0.15) is 11.1 Å². The predicted molar refractivity (Wildman–Crippen MR) is 65.7 cm³/mol. The number of thioether (sulfide) groups is 1. The first kappa shape index (κ1) is 10.5. The number of hydrogen-bond acceptors (Lipinski definition) is 2. The topological polar surface area (TPSA) is 12.0 Å². The molecule has 1 N–H and O–H groups in total. The minimum absolute atomic E-state index is 0.814. The van der Waals surface area contributed by atoms with E-state index in [1.807, 2.05) is 18.4 Å². The van der Waals surface area contributed by atoms with Gasteiger partial charge in [-0.15, -0.1) is 11.8 Å². The third-order valence-corrected chi connectivity index (χ3v) is 3.10. The number of benzene rings is 1. The summed E-state index contributed by atoms with van der Waals surface area (Å²) in [5.41, 5.74) is 3.66. The monoisotopic (exact) mass is 211 g/mol. The van der Waals surface area contributed by atoms with E-state index in [1.165, 1.54) is 11.1 Å². The first-order valence-corrected chi connectivity index (χ1v) is 5.69. The molecule has 0 unspecified atom stereocenters. The number of nitrogens with one attached hydrogen (secondary N) is 1. The Labute approximate surface area is 88.9 Å². The molecule has 0 atom stereocenters. The number of anilines is 1. The van der Waals surface area contributed by atoms with Gasteiger partial charge in [-0.25, -0.2) is 0 Å². The van der Waals surface area contributed by atoms with Crippen molar-refractivity contribution in [1.82, 2.24) is 0 Å². The quantitative estimate of drug-likeness (QED) is 0.715. The van der Waals surface area contributed by atoms with Crippen LogP contribution in [0, 0.1) is 13.8 Å². The highest BCUT2D eigenvalue weighted by Crippen LogP contribution is 2.19. The lowest BCUT2D eigenvalue weighted by Gasteiger charge is -2.10. The maximum absolute atomic E-state index is 5.09. The molecule has 1 rings (SSSR count). The third kappa shape index (κ3) is 2.71. The smallest absolute Gasteiger partial charge is 0.137 e. The fourth-order valence-electron chi connectivity index (χ4n) is 1.05. The minimum atomic E-state index is 0.814. The van der Waals surface area contributed by atoms with Crippen molar-refractivity contribution in [3.05, 3.63) is 29.3 Å². The average Bonchev–Trinajstić information content (AvgIpc) is 2.13. The van der Waals surface area contributed by atoms with Crippen molar-refractivity contribution in [1.29, 1.82) is 0 Å². The van der Waals surface area contributed by atoms with Gasteiger partial charge in [-0.05, 0) is 37.3 Å². The first-order valence-electron chi connectivity index (χ1n) is 4.06. The van der Waals surface area contributed by atoms with Crippen LogP contribution < -0.4 is 5.32 Å². The fourth-order valence-corrected chi connectivity index (χ4v) is 1.37. The second-order valence-corrected chi connectivity index (χ2v) is 4.35. The van der Waals surface area contributed by atoms with Crippen molar-refractivity contribution in [2.24, 2.45) is 0 Å². The minimum Gasteiger partial charge on any atom is -0.341 e. The molecule has 0 aromatic heterocycles. The Morgan fingerprint density at radius 2 is 2.08 bits per heavy atom. The van der Waals surface area contributed by atoms with E-state index in [9.17, 15) is 0 Å². The van der Waals surface area contributed by atoms with Crippen LogP contribution in [0.5, 0.6) is 0 Å². The first-order chi connectivity index (χ1) is 6.15. The van der Waals surface area contributed by atoms with Gasteiger partial charge in [0.05, 0.1) is 0 Å². The van der Waals surface area contributed by atoms with E-state index in [0.29, 0.717) is 0 Å². The lowest BCUT2D eigenvalue weighted by Crippen LogP contribution is -2.05. The average molecular weight is 211 g/mol. The summed E-state index contributed by atoms with van der Waals surface area (Å²) in [5.74, 6) is 0. The summed E-state index contributed by atoms with van der Waals surface area (Å²) in [6.07, 6.45) is 1.97. The molecule has 1 aromatic rings. The lowest BCUT2D eigenvalue weighted by atomic mass is 10.1. The van der Waals surface area contributed by atoms with E-state index in [0.717, 1.165) is 10.0 Å². The molecule has 0 saturated carbocycles. The molecule has 0 aliphatic heterocycles. The summed E-state index contributed by atoms with van der Waals surface area (Å²) in [5, 5.41) is 3.20. The summed E-state index contributed by atoms with van der Waals surface area (Å²) in [6, 6.07) is 6.18. The van der Waals surface area contributed by atoms with Gasteiger partial charge in [-0.3, -0.25) is 0 Å². The van der Waals surface area contributed by atoms with Crippen LogP contribution in [0.3, 0.4) is 0 Å². The second kappa shape index (κ2) is 4.63. The van der Waals surface area contributed by atoms with E-state index < -0.39 is 0 Å². The Balaban J connectivity index is 2.89. The van der Waals surface area contributed by atoms with Gasteiger partial charge < -0.3 is 5.32 Å². The van der Waals surface area contributed by atoms with Gasteiger partial charge in [-0.1, -0.05) is 24.4 Å². The fraction of sp³-hybridized carbons (Fsp3) is 0.300. The van der Waals surface area contributed by atoms with E-state index in [-0.39, 0.29) is 0 Å². The Bertz CT molecular complexity index is 321. The Morgan fingerprint density at radius 1 is 1.38 bits per heavy atom. The zero-order valence-electron chi connectivity index (χ0n) is 8.05. The lowest BCUT2D eigenvalue weighted by molar-refractivity contribution is 1.34. The molecule has 70 valence electrons. The van der Waals surface area contributed by atoms with Gasteiger partial charge in [0.1, 0.15) is 4.32 Å². The molecule has 0 spiro atoms. The highest BCUT2D eigenvalue weighted by Gasteiger charge is 2.01. The van der Waals surface area contributed by atoms with E-state index in [4.69, 9.17) is 12.2 Å². The third-order valence-electron chi connectivity index (χ3n) is 2.03. The van der Waals surface area contributed by atoms with Gasteiger partial charge in [0.2, 0.25) is 0 Å². The van der Waals surface area contributed by atoms with E-state index >= 15 is 0 Å². The van der Waals surface area contributed by atoms with Crippen LogP contribution in [0.4, 0.5) is 5.69 Å². The van der Waals surface area contributed by atoms with Gasteiger partial charge in [0, 0.05) is 5.69 Å². The van der Waals surface area contributed by atoms with Gasteiger partial charge >= 0.3 is 0 Å². The SMILES string of the molecule is CSC(=S)Nc1cccc(C)c1C. The Morgan fingerprint density at radius 3 is 2.69 bits per heavy atom. The van der Waals surface area contributed by atoms with Gasteiger partial charge in [0.25, 0.3) is 0 Å². The molecule has 0 saturated heterocycles. The molecule has 0 radical (unpaired) electrons. The molecule has 3 heteroatoms. The molecule has 1 aromatic carbocycles. The molecule has 0 heterocycles. The van der Waals surface area contributed by atoms with Crippen molar-refractivity contribution in [3.8, 4) is 0 Å². The maximum Gasteiger partial charge on any atom is 0.137 e. The van der Waals surface area contributed by atoms with Gasteiger partial charge in [0.15, 0.2) is 0 Å². The van der Waals surface area contributed by atoms with E-state index in [1.54, 1.807) is 11.8 Å². The summed E-state index contributed by atoms with van der Waals surface area (Å²) >= 11 is 6.65. The van der Waals surface area contributed by atoms with E-state index in [2.05, 4.69) is 25.2 Å². The molecule has 13 heavy (non-hydrogen) atoms. The second-order valence-electron chi connectivity index (χ2n) is 2.86. The highest BCUT2D eigenvalue weighted by molar-refractivity contribution is 8.22. The van der Waals surface area contributed by atoms with Crippen molar-refractivity contribution in [3.63, 3.8) is 0 Å². The van der Waals surface area contributed by atoms with Crippen molar-refractivity contribution < 1.29 is 0 Å². The molecule has 0 amide bonds. The normalized spacial score (nSPS) is 9.77. The maximum atomic E-state index is 5.09. The zero-order chi connectivity index (χ0) is 9.84. The molecular formula is C10H13NS2. The Kier molecular flexibility index (Phi) is 3.75. The molecule has 0 fully saturated rings. The largest absolute Gasteiger partial charge is 0.341 e. The van der Waals surface area contributed by atoms with Crippen LogP contribution in [0.2, 0.25) is 0 Å². The number of aryl methyl sites for hydroxylation is 1. The molecule has 0 aliphatic carbocycles. The Hall–Kier alpha value is -0.540. The van der Waals surface area contributed by atoms with Crippen LogP contribution in [0.15, 0.2) is 18.2 Å². The number of hydrogen-bond donors (Lipinski definition) is 1. The molecule has 1 nitrogen and oxygen atoms in total. The van der Waals surface area contributed by atoms with Crippen molar-refractivity contribution in [2.75, 3.05) is 11.6 Å². The summed E-state index contributed by atoms with van der Waals surface area (Å²) in [6.45, 7) is 4.20. The molecule has 0 aliphatic rings.